The van der Waals surface area contributed by atoms with Crippen LogP contribution in [0.3, 0.4) is 0 Å². The molecule has 1 aromatic heterocycles. The normalized spacial score (nSPS) is 12.6. The number of azo groups is 1. The van der Waals surface area contributed by atoms with Crippen molar-refractivity contribution in [2.24, 2.45) is 17.3 Å². The molecule has 0 spiro atoms. The van der Waals surface area contributed by atoms with Crippen molar-refractivity contribution in [3.63, 3.8) is 0 Å². The van der Waals surface area contributed by atoms with Gasteiger partial charge in [0.2, 0.25) is 5.88 Å². The van der Waals surface area contributed by atoms with E-state index in [2.05, 4.69) is 24.1 Å². The fourth-order valence-electron chi connectivity index (χ4n) is 2.97. The van der Waals surface area contributed by atoms with Gasteiger partial charge in [0.05, 0.1) is 5.52 Å². The molecule has 27 heavy (non-hydrogen) atoms. The number of aromatic nitrogens is 1. The van der Waals surface area contributed by atoms with E-state index in [1.54, 1.807) is 11.6 Å². The van der Waals surface area contributed by atoms with Crippen LogP contribution in [0.25, 0.3) is 10.9 Å². The molecule has 3 aromatic rings. The number of aromatic hydroxyl groups is 1. The third-order valence-corrected chi connectivity index (χ3v) is 4.73. The summed E-state index contributed by atoms with van der Waals surface area (Å²) in [5, 5.41) is 18.6. The average molecular weight is 365 g/mol. The summed E-state index contributed by atoms with van der Waals surface area (Å²) in [4.78, 5) is 12.1. The van der Waals surface area contributed by atoms with E-state index in [4.69, 9.17) is 4.74 Å². The third-order valence-electron chi connectivity index (χ3n) is 4.73. The summed E-state index contributed by atoms with van der Waals surface area (Å²) in [6, 6.07) is 15.1. The van der Waals surface area contributed by atoms with Gasteiger partial charge in [-0.25, -0.2) is 0 Å². The lowest BCUT2D eigenvalue weighted by molar-refractivity contribution is -0.120. The highest BCUT2D eigenvalue weighted by molar-refractivity contribution is 5.95. The Bertz CT molecular complexity index is 992. The van der Waals surface area contributed by atoms with E-state index in [9.17, 15) is 9.90 Å². The van der Waals surface area contributed by atoms with E-state index in [0.29, 0.717) is 11.7 Å². The van der Waals surface area contributed by atoms with Crippen molar-refractivity contribution in [3.8, 4) is 11.6 Å². The number of amides is 1. The van der Waals surface area contributed by atoms with Crippen molar-refractivity contribution in [1.82, 2.24) is 4.57 Å². The van der Waals surface area contributed by atoms with Crippen molar-refractivity contribution in [2.75, 3.05) is 6.61 Å². The van der Waals surface area contributed by atoms with Gasteiger partial charge in [0.25, 0.3) is 0 Å². The minimum absolute atomic E-state index is 0.0317. The van der Waals surface area contributed by atoms with Gasteiger partial charge in [-0.3, -0.25) is 4.79 Å². The van der Waals surface area contributed by atoms with Gasteiger partial charge in [-0.15, -0.1) is 10.2 Å². The molecule has 6 nitrogen and oxygen atoms in total. The molecule has 3 rings (SSSR count). The van der Waals surface area contributed by atoms with Crippen LogP contribution in [0.2, 0.25) is 0 Å². The third kappa shape index (κ3) is 3.84. The Morgan fingerprint density at radius 2 is 1.89 bits per heavy atom. The number of carbonyl (C=O) groups is 1. The molecule has 0 aliphatic carbocycles. The highest BCUT2D eigenvalue weighted by Crippen LogP contribution is 2.37. The summed E-state index contributed by atoms with van der Waals surface area (Å²) in [6.45, 7) is 4.02. The van der Waals surface area contributed by atoms with Crippen LogP contribution in [0.5, 0.6) is 11.6 Å². The second-order valence-electron chi connectivity index (χ2n) is 6.48. The first-order valence-electron chi connectivity index (χ1n) is 8.95. The van der Waals surface area contributed by atoms with Crippen LogP contribution < -0.4 is 4.74 Å². The molecular weight excluding hydrogens is 342 g/mol. The smallest absolute Gasteiger partial charge is 0.302 e. The van der Waals surface area contributed by atoms with Crippen molar-refractivity contribution in [2.45, 2.75) is 26.2 Å². The van der Waals surface area contributed by atoms with Gasteiger partial charge in [-0.05, 0) is 30.0 Å². The molecular formula is C21H23N3O3. The predicted octanol–water partition coefficient (Wildman–Crippen LogP) is 5.09. The maximum Gasteiger partial charge on any atom is 0.302 e. The minimum atomic E-state index is -0.513. The Kier molecular flexibility index (Phi) is 5.54. The summed E-state index contributed by atoms with van der Waals surface area (Å²) < 4.78 is 7.27. The van der Waals surface area contributed by atoms with Gasteiger partial charge in [-0.2, -0.15) is 0 Å². The predicted molar refractivity (Wildman–Crippen MR) is 105 cm³/mol. The number of rotatable bonds is 6. The Balaban J connectivity index is 1.74. The molecule has 0 aliphatic heterocycles. The van der Waals surface area contributed by atoms with Crippen LogP contribution in [0.15, 0.2) is 58.8 Å². The van der Waals surface area contributed by atoms with E-state index >= 15 is 0 Å². The van der Waals surface area contributed by atoms with Crippen molar-refractivity contribution in [3.05, 3.63) is 54.1 Å². The van der Waals surface area contributed by atoms with E-state index < -0.39 is 5.91 Å². The lowest BCUT2D eigenvalue weighted by atomic mass is 9.98. The number of fused-ring (bicyclic) bond motifs is 1. The van der Waals surface area contributed by atoms with E-state index in [1.807, 2.05) is 48.5 Å². The maximum absolute atomic E-state index is 12.1. The number of ether oxygens (including phenoxy) is 1. The quantitative estimate of drug-likeness (QED) is 0.618. The SMILES string of the molecule is CCC(C)c1ccccc1OCC(=O)N=Nc1c(O)n(C)c2ccccc12. The fourth-order valence-corrected chi connectivity index (χ4v) is 2.97. The van der Waals surface area contributed by atoms with Crippen LogP contribution in [-0.4, -0.2) is 22.2 Å². The first-order chi connectivity index (χ1) is 13.0. The standard InChI is InChI=1S/C21H23N3O3/c1-4-14(2)15-9-6-8-12-18(15)27-13-19(25)22-23-20-16-10-5-7-11-17(16)24(3)21(20)26/h5-12,14,26H,4,13H2,1-3H3. The first-order valence-corrected chi connectivity index (χ1v) is 8.95. The summed E-state index contributed by atoms with van der Waals surface area (Å²) in [5.41, 5.74) is 2.16. The van der Waals surface area contributed by atoms with Crippen LogP contribution in [0.4, 0.5) is 5.69 Å². The number of hydrogen-bond acceptors (Lipinski definition) is 4. The second kappa shape index (κ2) is 8.03. The first kappa shape index (κ1) is 18.6. The highest BCUT2D eigenvalue weighted by atomic mass is 16.5. The molecule has 1 amide bonds. The van der Waals surface area contributed by atoms with Gasteiger partial charge in [0.15, 0.2) is 12.3 Å². The zero-order chi connectivity index (χ0) is 19.4. The molecule has 1 unspecified atom stereocenters. The van der Waals surface area contributed by atoms with Crippen molar-refractivity contribution >= 4 is 22.5 Å². The zero-order valence-corrected chi connectivity index (χ0v) is 15.7. The molecule has 140 valence electrons. The zero-order valence-electron chi connectivity index (χ0n) is 15.7. The average Bonchev–Trinajstić information content (AvgIpc) is 2.95. The number of benzene rings is 2. The Morgan fingerprint density at radius 1 is 1.19 bits per heavy atom. The fraction of sp³-hybridized carbons (Fsp3) is 0.286. The van der Waals surface area contributed by atoms with Gasteiger partial charge in [-0.1, -0.05) is 50.2 Å². The molecule has 6 heteroatoms. The Hall–Kier alpha value is -3.15. The number of carbonyl (C=O) groups excluding carboxylic acids is 1. The summed E-state index contributed by atoms with van der Waals surface area (Å²) in [5.74, 6) is 0.478. The molecule has 2 aromatic carbocycles. The monoisotopic (exact) mass is 365 g/mol. The van der Waals surface area contributed by atoms with Crippen LogP contribution >= 0.6 is 0 Å². The molecule has 0 aliphatic rings. The van der Waals surface area contributed by atoms with Crippen LogP contribution in [-0.2, 0) is 11.8 Å². The van der Waals surface area contributed by atoms with Crippen LogP contribution in [0.1, 0.15) is 31.7 Å². The van der Waals surface area contributed by atoms with Gasteiger partial charge < -0.3 is 14.4 Å². The Morgan fingerprint density at radius 3 is 2.67 bits per heavy atom. The Labute approximate surface area is 158 Å². The van der Waals surface area contributed by atoms with Gasteiger partial charge >= 0.3 is 5.91 Å². The number of nitrogens with zero attached hydrogens (tertiary/aromatic N) is 3. The highest BCUT2D eigenvalue weighted by Gasteiger charge is 2.15. The van der Waals surface area contributed by atoms with E-state index in [0.717, 1.165) is 22.9 Å². The molecule has 0 saturated heterocycles. The van der Waals surface area contributed by atoms with Gasteiger partial charge in [0, 0.05) is 12.4 Å². The maximum atomic E-state index is 12.1. The second-order valence-corrected chi connectivity index (χ2v) is 6.48. The molecule has 0 fully saturated rings. The number of para-hydroxylation sites is 2. The minimum Gasteiger partial charge on any atom is -0.493 e. The number of hydrogen-bond donors (Lipinski definition) is 1. The van der Waals surface area contributed by atoms with Crippen molar-refractivity contribution < 1.29 is 14.6 Å². The summed E-state index contributed by atoms with van der Waals surface area (Å²) >= 11 is 0. The lowest BCUT2D eigenvalue weighted by Crippen LogP contribution is -2.09. The van der Waals surface area contributed by atoms with Gasteiger partial charge in [0.1, 0.15) is 5.75 Å². The molecule has 1 heterocycles. The largest absolute Gasteiger partial charge is 0.493 e. The molecule has 0 saturated carbocycles. The summed E-state index contributed by atoms with van der Waals surface area (Å²) in [7, 11) is 1.73. The topological polar surface area (TPSA) is 76.2 Å². The van der Waals surface area contributed by atoms with E-state index in [1.165, 1.54) is 0 Å². The lowest BCUT2D eigenvalue weighted by Gasteiger charge is -2.14. The van der Waals surface area contributed by atoms with Crippen molar-refractivity contribution in [1.29, 1.82) is 0 Å². The summed E-state index contributed by atoms with van der Waals surface area (Å²) in [6.07, 6.45) is 0.981. The number of aryl methyl sites for hydroxylation is 1. The molecule has 1 N–H and O–H groups in total. The molecule has 0 bridgehead atoms. The van der Waals surface area contributed by atoms with E-state index in [-0.39, 0.29) is 18.2 Å². The molecule has 0 radical (unpaired) electrons. The molecule has 1 atom stereocenters. The van der Waals surface area contributed by atoms with Crippen LogP contribution in [0, 0.1) is 0 Å².